The Morgan fingerprint density at radius 1 is 1.06 bits per heavy atom. The summed E-state index contributed by atoms with van der Waals surface area (Å²) in [5, 5.41) is 14.3. The van der Waals surface area contributed by atoms with Crippen molar-refractivity contribution in [1.82, 2.24) is 29.3 Å². The predicted molar refractivity (Wildman–Crippen MR) is 127 cm³/mol. The largest absolute Gasteiger partial charge is 0.341 e. The van der Waals surface area contributed by atoms with Crippen LogP contribution < -0.4 is 5.32 Å². The van der Waals surface area contributed by atoms with Crippen molar-refractivity contribution < 1.29 is 4.79 Å². The molecule has 0 unspecified atom stereocenters. The second-order valence-electron chi connectivity index (χ2n) is 7.29. The highest BCUT2D eigenvalue weighted by Crippen LogP contribution is 2.31. The smallest absolute Gasteiger partial charge is 0.234 e. The Morgan fingerprint density at radius 2 is 1.91 bits per heavy atom. The summed E-state index contributed by atoms with van der Waals surface area (Å²) in [7, 11) is 1.85. The van der Waals surface area contributed by atoms with Gasteiger partial charge in [0, 0.05) is 53.5 Å². The van der Waals surface area contributed by atoms with Crippen LogP contribution in [0.15, 0.2) is 66.2 Å². The minimum Gasteiger partial charge on any atom is -0.341 e. The molecule has 0 atom stereocenters. The standard InChI is InChI=1S/C23H21N7OS/c1-3-30-19-7-5-4-6-16(19)17-12-15(8-9-20(17)30)26-21(31)14-32-23-28-27-22(29(23)2)18-13-24-10-11-25-18/h4-13H,3,14H2,1-2H3,(H,26,31). The average Bonchev–Trinajstić information content (AvgIpc) is 3.35. The summed E-state index contributed by atoms with van der Waals surface area (Å²) < 4.78 is 4.10. The lowest BCUT2D eigenvalue weighted by molar-refractivity contribution is -0.113. The van der Waals surface area contributed by atoms with Crippen LogP contribution in [0, 0.1) is 0 Å². The van der Waals surface area contributed by atoms with Crippen LogP contribution in [0.3, 0.4) is 0 Å². The molecule has 0 spiro atoms. The van der Waals surface area contributed by atoms with E-state index in [4.69, 9.17) is 0 Å². The van der Waals surface area contributed by atoms with Gasteiger partial charge in [0.1, 0.15) is 5.69 Å². The molecule has 0 fully saturated rings. The fourth-order valence-corrected chi connectivity index (χ4v) is 4.59. The van der Waals surface area contributed by atoms with Gasteiger partial charge in [-0.05, 0) is 31.2 Å². The predicted octanol–water partition coefficient (Wildman–Crippen LogP) is 4.13. The molecule has 0 aliphatic rings. The highest BCUT2D eigenvalue weighted by molar-refractivity contribution is 7.99. The highest BCUT2D eigenvalue weighted by Gasteiger charge is 2.15. The number of aryl methyl sites for hydroxylation is 1. The topological polar surface area (TPSA) is 90.5 Å². The molecule has 3 heterocycles. The van der Waals surface area contributed by atoms with Gasteiger partial charge in [-0.15, -0.1) is 10.2 Å². The molecule has 0 saturated heterocycles. The maximum atomic E-state index is 12.6. The van der Waals surface area contributed by atoms with Gasteiger partial charge < -0.3 is 14.5 Å². The second-order valence-corrected chi connectivity index (χ2v) is 8.23. The van der Waals surface area contributed by atoms with Crippen LogP contribution in [0.2, 0.25) is 0 Å². The van der Waals surface area contributed by atoms with Gasteiger partial charge in [0.05, 0.1) is 11.9 Å². The number of fused-ring (bicyclic) bond motifs is 3. The lowest BCUT2D eigenvalue weighted by Gasteiger charge is -2.07. The van der Waals surface area contributed by atoms with Crippen molar-refractivity contribution in [3.8, 4) is 11.5 Å². The third-order valence-corrected chi connectivity index (χ3v) is 6.35. The third-order valence-electron chi connectivity index (χ3n) is 5.33. The van der Waals surface area contributed by atoms with Crippen molar-refractivity contribution in [1.29, 1.82) is 0 Å². The molecule has 160 valence electrons. The normalized spacial score (nSPS) is 11.3. The van der Waals surface area contributed by atoms with Crippen LogP contribution in [0.4, 0.5) is 5.69 Å². The lowest BCUT2D eigenvalue weighted by Crippen LogP contribution is -2.14. The van der Waals surface area contributed by atoms with E-state index in [2.05, 4.69) is 61.2 Å². The van der Waals surface area contributed by atoms with Crippen molar-refractivity contribution in [2.24, 2.45) is 7.05 Å². The van der Waals surface area contributed by atoms with E-state index in [0.717, 1.165) is 23.1 Å². The number of amides is 1. The number of aromatic nitrogens is 6. The van der Waals surface area contributed by atoms with Gasteiger partial charge in [-0.1, -0.05) is 30.0 Å². The van der Waals surface area contributed by atoms with Gasteiger partial charge in [0.25, 0.3) is 0 Å². The number of anilines is 1. The Labute approximate surface area is 188 Å². The van der Waals surface area contributed by atoms with Gasteiger partial charge in [-0.3, -0.25) is 9.78 Å². The van der Waals surface area contributed by atoms with Crippen LogP contribution in [0.5, 0.6) is 0 Å². The first-order chi connectivity index (χ1) is 15.7. The van der Waals surface area contributed by atoms with Crippen molar-refractivity contribution in [2.45, 2.75) is 18.6 Å². The number of para-hydroxylation sites is 1. The number of carbonyl (C=O) groups excluding carboxylic acids is 1. The molecule has 1 N–H and O–H groups in total. The number of nitrogens with one attached hydrogen (secondary N) is 1. The molecule has 8 nitrogen and oxygen atoms in total. The maximum absolute atomic E-state index is 12.6. The minimum absolute atomic E-state index is 0.0994. The van der Waals surface area contributed by atoms with Crippen LogP contribution in [-0.4, -0.2) is 41.0 Å². The molecular weight excluding hydrogens is 422 g/mol. The zero-order chi connectivity index (χ0) is 22.1. The fourth-order valence-electron chi connectivity index (χ4n) is 3.88. The van der Waals surface area contributed by atoms with Crippen molar-refractivity contribution >= 4 is 45.2 Å². The molecule has 0 bridgehead atoms. The van der Waals surface area contributed by atoms with E-state index in [9.17, 15) is 4.79 Å². The number of benzene rings is 2. The monoisotopic (exact) mass is 443 g/mol. The van der Waals surface area contributed by atoms with E-state index in [-0.39, 0.29) is 11.7 Å². The van der Waals surface area contributed by atoms with Crippen molar-refractivity contribution in [2.75, 3.05) is 11.1 Å². The summed E-state index contributed by atoms with van der Waals surface area (Å²) in [6.07, 6.45) is 4.85. The molecular formula is C23H21N7OS. The van der Waals surface area contributed by atoms with E-state index in [1.807, 2.05) is 29.8 Å². The molecule has 2 aromatic carbocycles. The van der Waals surface area contributed by atoms with Crippen molar-refractivity contribution in [3.63, 3.8) is 0 Å². The van der Waals surface area contributed by atoms with Gasteiger partial charge in [0.15, 0.2) is 11.0 Å². The number of hydrogen-bond acceptors (Lipinski definition) is 6. The van der Waals surface area contributed by atoms with E-state index in [0.29, 0.717) is 16.7 Å². The number of nitrogens with zero attached hydrogens (tertiary/aromatic N) is 6. The number of thioether (sulfide) groups is 1. The Kier molecular flexibility index (Phi) is 5.32. The van der Waals surface area contributed by atoms with E-state index < -0.39 is 0 Å². The summed E-state index contributed by atoms with van der Waals surface area (Å²) in [5.74, 6) is 0.734. The van der Waals surface area contributed by atoms with Gasteiger partial charge in [-0.25, -0.2) is 4.98 Å². The first-order valence-corrected chi connectivity index (χ1v) is 11.2. The van der Waals surface area contributed by atoms with Crippen LogP contribution in [0.25, 0.3) is 33.3 Å². The number of hydrogen-bond donors (Lipinski definition) is 1. The molecule has 0 radical (unpaired) electrons. The summed E-state index contributed by atoms with van der Waals surface area (Å²) >= 11 is 1.33. The molecule has 3 aromatic heterocycles. The van der Waals surface area contributed by atoms with Gasteiger partial charge >= 0.3 is 0 Å². The van der Waals surface area contributed by atoms with E-state index in [1.165, 1.54) is 22.7 Å². The van der Waals surface area contributed by atoms with Gasteiger partial charge in [0.2, 0.25) is 5.91 Å². The molecule has 32 heavy (non-hydrogen) atoms. The molecule has 5 aromatic rings. The van der Waals surface area contributed by atoms with Crippen LogP contribution in [-0.2, 0) is 18.4 Å². The zero-order valence-corrected chi connectivity index (χ0v) is 18.5. The lowest BCUT2D eigenvalue weighted by atomic mass is 10.1. The molecule has 1 amide bonds. The SMILES string of the molecule is CCn1c2ccccc2c2cc(NC(=O)CSc3nnc(-c4cnccn4)n3C)ccc21. The molecule has 0 saturated carbocycles. The summed E-state index contributed by atoms with van der Waals surface area (Å²) in [4.78, 5) is 20.9. The maximum Gasteiger partial charge on any atom is 0.234 e. The van der Waals surface area contributed by atoms with Crippen LogP contribution in [0.1, 0.15) is 6.92 Å². The highest BCUT2D eigenvalue weighted by atomic mass is 32.2. The summed E-state index contributed by atoms with van der Waals surface area (Å²) in [6.45, 7) is 3.03. The number of rotatable bonds is 6. The van der Waals surface area contributed by atoms with Crippen LogP contribution >= 0.6 is 11.8 Å². The molecule has 0 aliphatic carbocycles. The third kappa shape index (κ3) is 3.60. The van der Waals surface area contributed by atoms with Crippen molar-refractivity contribution in [3.05, 3.63) is 61.1 Å². The Balaban J connectivity index is 1.32. The minimum atomic E-state index is -0.0994. The first kappa shape index (κ1) is 20.2. The quantitative estimate of drug-likeness (QED) is 0.397. The first-order valence-electron chi connectivity index (χ1n) is 10.2. The second kappa shape index (κ2) is 8.43. The molecule has 5 rings (SSSR count). The van der Waals surface area contributed by atoms with E-state index in [1.54, 1.807) is 18.6 Å². The number of carbonyl (C=O) groups is 1. The Morgan fingerprint density at radius 3 is 2.72 bits per heavy atom. The molecule has 0 aliphatic heterocycles. The summed E-state index contributed by atoms with van der Waals surface area (Å²) in [5.41, 5.74) is 3.78. The Hall–Kier alpha value is -3.72. The zero-order valence-electron chi connectivity index (χ0n) is 17.7. The molecule has 9 heteroatoms. The van der Waals surface area contributed by atoms with E-state index >= 15 is 0 Å². The Bertz CT molecular complexity index is 1420. The average molecular weight is 444 g/mol. The summed E-state index contributed by atoms with van der Waals surface area (Å²) in [6, 6.07) is 14.4. The fraction of sp³-hybridized carbons (Fsp3) is 0.174. The van der Waals surface area contributed by atoms with Gasteiger partial charge in [-0.2, -0.15) is 0 Å².